The summed E-state index contributed by atoms with van der Waals surface area (Å²) >= 11 is 0. The van der Waals surface area contributed by atoms with Gasteiger partial charge in [0.05, 0.1) is 6.04 Å². The van der Waals surface area contributed by atoms with E-state index in [1.54, 1.807) is 26.0 Å². The summed E-state index contributed by atoms with van der Waals surface area (Å²) < 4.78 is 66.0. The van der Waals surface area contributed by atoms with E-state index in [-0.39, 0.29) is 23.5 Å². The van der Waals surface area contributed by atoms with Gasteiger partial charge in [0, 0.05) is 18.2 Å². The number of nitrogens with one attached hydrogen (secondary N) is 1. The van der Waals surface area contributed by atoms with E-state index in [9.17, 15) is 31.5 Å². The maximum atomic E-state index is 12.9. The van der Waals surface area contributed by atoms with Gasteiger partial charge in [0.2, 0.25) is 0 Å². The second-order valence-corrected chi connectivity index (χ2v) is 6.09. The number of alkyl halides is 5. The molecule has 5 nitrogen and oxygen atoms in total. The van der Waals surface area contributed by atoms with Gasteiger partial charge in [-0.15, -0.1) is 0 Å². The van der Waals surface area contributed by atoms with Crippen LogP contribution in [0.4, 0.5) is 22.0 Å². The number of benzene rings is 1. The molecule has 1 unspecified atom stereocenters. The molecule has 0 saturated heterocycles. The van der Waals surface area contributed by atoms with E-state index in [0.717, 1.165) is 24.3 Å². The Kier molecular flexibility index (Phi) is 6.55. The standard InChI is InChI=1S/C19H17F5N2O3/c1-3-16(27)15-10-13(8-9-25-15)11(2)26-17(28)12-4-6-14(7-5-12)29-19(23,24)18(20,21)22/h4-11H,3H2,1-2H3,(H,26,28). The van der Waals surface area contributed by atoms with Crippen molar-refractivity contribution in [2.75, 3.05) is 0 Å². The molecule has 0 bridgehead atoms. The minimum absolute atomic E-state index is 0.0263. The summed E-state index contributed by atoms with van der Waals surface area (Å²) in [6, 6.07) is 6.44. The van der Waals surface area contributed by atoms with Crippen molar-refractivity contribution in [1.82, 2.24) is 10.3 Å². The highest BCUT2D eigenvalue weighted by Crippen LogP contribution is 2.37. The molecule has 1 aromatic heterocycles. The topological polar surface area (TPSA) is 68.3 Å². The van der Waals surface area contributed by atoms with Crippen LogP contribution in [0.1, 0.15) is 52.7 Å². The number of nitrogens with zero attached hydrogens (tertiary/aromatic N) is 1. The lowest BCUT2D eigenvalue weighted by Crippen LogP contribution is -2.41. The number of ketones is 1. The first-order valence-corrected chi connectivity index (χ1v) is 8.48. The molecule has 2 aromatic rings. The van der Waals surface area contributed by atoms with Crippen molar-refractivity contribution < 1.29 is 36.3 Å². The van der Waals surface area contributed by atoms with E-state index in [2.05, 4.69) is 15.0 Å². The lowest BCUT2D eigenvalue weighted by Gasteiger charge is -2.20. The smallest absolute Gasteiger partial charge is 0.426 e. The van der Waals surface area contributed by atoms with Crippen LogP contribution in [0, 0.1) is 0 Å². The number of carbonyl (C=O) groups excluding carboxylic acids is 2. The number of hydrogen-bond acceptors (Lipinski definition) is 4. The lowest BCUT2D eigenvalue weighted by molar-refractivity contribution is -0.360. The number of rotatable bonds is 7. The van der Waals surface area contributed by atoms with Gasteiger partial charge in [-0.2, -0.15) is 22.0 Å². The summed E-state index contributed by atoms with van der Waals surface area (Å²) in [6.07, 6.45) is -9.49. The van der Waals surface area contributed by atoms with Gasteiger partial charge in [-0.05, 0) is 48.9 Å². The molecular weight excluding hydrogens is 399 g/mol. The van der Waals surface area contributed by atoms with Crippen molar-refractivity contribution in [3.8, 4) is 5.75 Å². The van der Waals surface area contributed by atoms with Crippen molar-refractivity contribution in [3.63, 3.8) is 0 Å². The van der Waals surface area contributed by atoms with Crippen LogP contribution in [0.5, 0.6) is 5.75 Å². The van der Waals surface area contributed by atoms with E-state index < -0.39 is 30.0 Å². The third-order valence-corrected chi connectivity index (χ3v) is 3.93. The summed E-state index contributed by atoms with van der Waals surface area (Å²) in [4.78, 5) is 28.0. The number of Topliss-reactive ketones (excluding diaryl/α,β-unsaturated/α-hetero) is 1. The molecule has 0 saturated carbocycles. The number of carbonyl (C=O) groups is 2. The van der Waals surface area contributed by atoms with Gasteiger partial charge in [-0.1, -0.05) is 6.92 Å². The monoisotopic (exact) mass is 416 g/mol. The Morgan fingerprint density at radius 3 is 2.28 bits per heavy atom. The second kappa shape index (κ2) is 8.54. The van der Waals surface area contributed by atoms with Crippen LogP contribution >= 0.6 is 0 Å². The maximum Gasteiger partial charge on any atom is 0.499 e. The molecule has 0 radical (unpaired) electrons. The van der Waals surface area contributed by atoms with Crippen LogP contribution in [0.2, 0.25) is 0 Å². The highest BCUT2D eigenvalue weighted by atomic mass is 19.4. The summed E-state index contributed by atoms with van der Waals surface area (Å²) in [5.74, 6) is -1.49. The Hall–Kier alpha value is -3.04. The highest BCUT2D eigenvalue weighted by molar-refractivity contribution is 5.95. The van der Waals surface area contributed by atoms with Crippen LogP contribution in [0.15, 0.2) is 42.6 Å². The summed E-state index contributed by atoms with van der Waals surface area (Å²) in [7, 11) is 0. The fraction of sp³-hybridized carbons (Fsp3) is 0.316. The molecule has 1 amide bonds. The van der Waals surface area contributed by atoms with Crippen molar-refractivity contribution in [3.05, 3.63) is 59.4 Å². The lowest BCUT2D eigenvalue weighted by atomic mass is 10.1. The molecule has 0 aliphatic carbocycles. The number of halogens is 5. The second-order valence-electron chi connectivity index (χ2n) is 6.09. The normalized spacial score (nSPS) is 12.9. The molecule has 2 rings (SSSR count). The minimum Gasteiger partial charge on any atom is -0.426 e. The third-order valence-electron chi connectivity index (χ3n) is 3.93. The maximum absolute atomic E-state index is 12.9. The molecular formula is C19H17F5N2O3. The first-order chi connectivity index (χ1) is 13.4. The SMILES string of the molecule is CCC(=O)c1cc(C(C)NC(=O)c2ccc(OC(F)(F)C(F)(F)F)cc2)ccn1. The first-order valence-electron chi connectivity index (χ1n) is 8.48. The molecule has 0 fully saturated rings. The number of aromatic nitrogens is 1. The van der Waals surface area contributed by atoms with Gasteiger partial charge in [0.1, 0.15) is 11.4 Å². The van der Waals surface area contributed by atoms with Gasteiger partial charge < -0.3 is 10.1 Å². The predicted octanol–water partition coefficient (Wildman–Crippen LogP) is 4.70. The zero-order chi connectivity index (χ0) is 21.8. The molecule has 10 heteroatoms. The molecule has 1 aromatic carbocycles. The average molecular weight is 416 g/mol. The largest absolute Gasteiger partial charge is 0.499 e. The quantitative estimate of drug-likeness (QED) is 0.525. The van der Waals surface area contributed by atoms with Crippen molar-refractivity contribution in [2.24, 2.45) is 0 Å². The van der Waals surface area contributed by atoms with Crippen molar-refractivity contribution in [1.29, 1.82) is 0 Å². The van der Waals surface area contributed by atoms with Crippen LogP contribution < -0.4 is 10.1 Å². The van der Waals surface area contributed by atoms with Crippen LogP contribution in [-0.2, 0) is 0 Å². The molecule has 1 heterocycles. The Balaban J connectivity index is 2.07. The molecule has 0 spiro atoms. The molecule has 1 atom stereocenters. The fourth-order valence-corrected chi connectivity index (χ4v) is 2.29. The zero-order valence-electron chi connectivity index (χ0n) is 15.4. The van der Waals surface area contributed by atoms with Gasteiger partial charge in [0.25, 0.3) is 5.91 Å². The van der Waals surface area contributed by atoms with E-state index in [0.29, 0.717) is 5.56 Å². The van der Waals surface area contributed by atoms with Crippen molar-refractivity contribution >= 4 is 11.7 Å². The van der Waals surface area contributed by atoms with Gasteiger partial charge in [-0.3, -0.25) is 14.6 Å². The summed E-state index contributed by atoms with van der Waals surface area (Å²) in [5.41, 5.74) is 0.909. The number of hydrogen-bond donors (Lipinski definition) is 1. The number of amides is 1. The minimum atomic E-state index is -5.86. The van der Waals surface area contributed by atoms with E-state index >= 15 is 0 Å². The zero-order valence-corrected chi connectivity index (χ0v) is 15.4. The Bertz CT molecular complexity index is 882. The Morgan fingerprint density at radius 1 is 1.10 bits per heavy atom. The molecule has 156 valence electrons. The number of pyridine rings is 1. The van der Waals surface area contributed by atoms with Crippen LogP contribution in [0.3, 0.4) is 0 Å². The predicted molar refractivity (Wildman–Crippen MR) is 92.8 cm³/mol. The van der Waals surface area contributed by atoms with E-state index in [1.165, 1.54) is 6.20 Å². The van der Waals surface area contributed by atoms with Crippen LogP contribution in [0.25, 0.3) is 0 Å². The van der Waals surface area contributed by atoms with Gasteiger partial charge in [0.15, 0.2) is 5.78 Å². The molecule has 0 aliphatic heterocycles. The Labute approximate surface area is 162 Å². The number of ether oxygens (including phenoxy) is 1. The van der Waals surface area contributed by atoms with Crippen molar-refractivity contribution in [2.45, 2.75) is 38.6 Å². The summed E-state index contributed by atoms with van der Waals surface area (Å²) in [5, 5.41) is 2.64. The third kappa shape index (κ3) is 5.49. The molecule has 29 heavy (non-hydrogen) atoms. The van der Waals surface area contributed by atoms with E-state index in [4.69, 9.17) is 0 Å². The van der Waals surface area contributed by atoms with E-state index in [1.807, 2.05) is 0 Å². The molecule has 0 aliphatic rings. The van der Waals surface area contributed by atoms with Gasteiger partial charge in [-0.25, -0.2) is 0 Å². The molecule has 1 N–H and O–H groups in total. The fourth-order valence-electron chi connectivity index (χ4n) is 2.29. The van der Waals surface area contributed by atoms with Crippen LogP contribution in [-0.4, -0.2) is 29.0 Å². The first kappa shape index (κ1) is 22.3. The Morgan fingerprint density at radius 2 is 1.72 bits per heavy atom. The highest BCUT2D eigenvalue weighted by Gasteiger charge is 2.61. The average Bonchev–Trinajstić information content (AvgIpc) is 2.66. The summed E-state index contributed by atoms with van der Waals surface area (Å²) in [6.45, 7) is 3.36. The van der Waals surface area contributed by atoms with Gasteiger partial charge >= 0.3 is 12.3 Å².